The van der Waals surface area contributed by atoms with Crippen LogP contribution in [0.5, 0.6) is 0 Å². The first kappa shape index (κ1) is 17.5. The lowest BCUT2D eigenvalue weighted by Gasteiger charge is -2.12. The molecule has 3 rings (SSSR count). The number of anilines is 1. The van der Waals surface area contributed by atoms with Crippen LogP contribution in [0, 0.1) is 0 Å². The first-order valence-corrected chi connectivity index (χ1v) is 8.59. The number of halogens is 3. The van der Waals surface area contributed by atoms with Crippen molar-refractivity contribution in [2.45, 2.75) is 12.6 Å². The van der Waals surface area contributed by atoms with Crippen molar-refractivity contribution in [2.24, 2.45) is 0 Å². The van der Waals surface area contributed by atoms with Gasteiger partial charge in [0.1, 0.15) is 0 Å². The zero-order valence-corrected chi connectivity index (χ0v) is 14.7. The summed E-state index contributed by atoms with van der Waals surface area (Å²) in [5, 5.41) is 2.74. The maximum absolute atomic E-state index is 12.8. The number of aromatic nitrogens is 1. The van der Waals surface area contributed by atoms with E-state index in [0.717, 1.165) is 28.0 Å². The maximum Gasteiger partial charge on any atom is 0.416 e. The van der Waals surface area contributed by atoms with Crippen LogP contribution in [0.1, 0.15) is 16.1 Å². The standard InChI is InChI=1S/C19H17F3N2S/c1-24(2)16-8-4-6-14(11-16)17-12-25-18(23-17)10-13-5-3-7-15(9-13)19(20,21)22/h3-9,11-12H,10H2,1-2H3. The van der Waals surface area contributed by atoms with Crippen molar-refractivity contribution >= 4 is 17.0 Å². The Balaban J connectivity index is 1.82. The molecule has 0 fully saturated rings. The molecule has 0 radical (unpaired) electrons. The summed E-state index contributed by atoms with van der Waals surface area (Å²) in [6.07, 6.45) is -3.93. The van der Waals surface area contributed by atoms with Crippen LogP contribution in [0.3, 0.4) is 0 Å². The van der Waals surface area contributed by atoms with Gasteiger partial charge in [-0.2, -0.15) is 13.2 Å². The van der Waals surface area contributed by atoms with Crippen molar-refractivity contribution in [2.75, 3.05) is 19.0 Å². The number of alkyl halides is 3. The Hall–Kier alpha value is -2.34. The Labute approximate surface area is 148 Å². The van der Waals surface area contributed by atoms with Gasteiger partial charge in [0.2, 0.25) is 0 Å². The largest absolute Gasteiger partial charge is 0.416 e. The molecule has 0 amide bonds. The molecular formula is C19H17F3N2S. The average molecular weight is 362 g/mol. The summed E-state index contributed by atoms with van der Waals surface area (Å²) in [6.45, 7) is 0. The second kappa shape index (κ2) is 6.88. The highest BCUT2D eigenvalue weighted by molar-refractivity contribution is 7.10. The molecule has 25 heavy (non-hydrogen) atoms. The van der Waals surface area contributed by atoms with Crippen molar-refractivity contribution in [1.29, 1.82) is 0 Å². The molecule has 0 aliphatic heterocycles. The topological polar surface area (TPSA) is 16.1 Å². The summed E-state index contributed by atoms with van der Waals surface area (Å²) in [5.41, 5.74) is 2.90. The van der Waals surface area contributed by atoms with Crippen LogP contribution >= 0.6 is 11.3 Å². The molecule has 1 heterocycles. The lowest BCUT2D eigenvalue weighted by atomic mass is 10.1. The van der Waals surface area contributed by atoms with Gasteiger partial charge in [-0.05, 0) is 23.8 Å². The molecule has 0 aliphatic carbocycles. The summed E-state index contributed by atoms with van der Waals surface area (Å²) >= 11 is 1.46. The minimum Gasteiger partial charge on any atom is -0.378 e. The number of hydrogen-bond donors (Lipinski definition) is 0. The highest BCUT2D eigenvalue weighted by Crippen LogP contribution is 2.31. The zero-order valence-electron chi connectivity index (χ0n) is 13.8. The minimum absolute atomic E-state index is 0.391. The van der Waals surface area contributed by atoms with E-state index in [1.54, 1.807) is 6.07 Å². The first-order chi connectivity index (χ1) is 11.8. The highest BCUT2D eigenvalue weighted by atomic mass is 32.1. The van der Waals surface area contributed by atoms with Crippen LogP contribution in [0.2, 0.25) is 0 Å². The van der Waals surface area contributed by atoms with E-state index in [4.69, 9.17) is 0 Å². The molecule has 0 saturated heterocycles. The molecular weight excluding hydrogens is 345 g/mol. The van der Waals surface area contributed by atoms with Crippen LogP contribution in [0.15, 0.2) is 53.9 Å². The molecule has 0 spiro atoms. The van der Waals surface area contributed by atoms with Gasteiger partial charge in [-0.1, -0.05) is 30.3 Å². The number of nitrogens with zero attached hydrogens (tertiary/aromatic N) is 2. The van der Waals surface area contributed by atoms with Gasteiger partial charge >= 0.3 is 6.18 Å². The number of benzene rings is 2. The van der Waals surface area contributed by atoms with Gasteiger partial charge in [-0.15, -0.1) is 11.3 Å². The molecule has 0 saturated carbocycles. The molecule has 3 aromatic rings. The van der Waals surface area contributed by atoms with E-state index in [-0.39, 0.29) is 0 Å². The van der Waals surface area contributed by atoms with Gasteiger partial charge in [0.25, 0.3) is 0 Å². The molecule has 2 nitrogen and oxygen atoms in total. The summed E-state index contributed by atoms with van der Waals surface area (Å²) in [5.74, 6) is 0. The molecule has 6 heteroatoms. The Bertz CT molecular complexity index is 869. The van der Waals surface area contributed by atoms with Gasteiger partial charge in [-0.3, -0.25) is 0 Å². The summed E-state index contributed by atoms with van der Waals surface area (Å²) in [7, 11) is 3.94. The van der Waals surface area contributed by atoms with Gasteiger partial charge in [0, 0.05) is 37.1 Å². The SMILES string of the molecule is CN(C)c1cccc(-c2csc(Cc3cccc(C(F)(F)F)c3)n2)c1. The number of thiazole rings is 1. The Kier molecular flexibility index (Phi) is 4.81. The van der Waals surface area contributed by atoms with E-state index < -0.39 is 11.7 Å². The Morgan fingerprint density at radius 2 is 1.80 bits per heavy atom. The van der Waals surface area contributed by atoms with E-state index in [0.29, 0.717) is 12.0 Å². The van der Waals surface area contributed by atoms with E-state index in [1.165, 1.54) is 23.5 Å². The lowest BCUT2D eigenvalue weighted by molar-refractivity contribution is -0.137. The van der Waals surface area contributed by atoms with Crippen LogP contribution in [-0.4, -0.2) is 19.1 Å². The molecule has 0 N–H and O–H groups in total. The second-order valence-electron chi connectivity index (χ2n) is 5.95. The first-order valence-electron chi connectivity index (χ1n) is 7.71. The minimum atomic E-state index is -4.32. The van der Waals surface area contributed by atoms with Gasteiger partial charge in [0.15, 0.2) is 0 Å². The van der Waals surface area contributed by atoms with Gasteiger partial charge < -0.3 is 4.90 Å². The van der Waals surface area contributed by atoms with E-state index in [9.17, 15) is 13.2 Å². The fourth-order valence-electron chi connectivity index (χ4n) is 2.50. The monoisotopic (exact) mass is 362 g/mol. The third-order valence-electron chi connectivity index (χ3n) is 3.82. The van der Waals surface area contributed by atoms with Crippen LogP contribution in [0.4, 0.5) is 18.9 Å². The second-order valence-corrected chi connectivity index (χ2v) is 6.89. The predicted octanol–water partition coefficient (Wildman–Crippen LogP) is 5.49. The predicted molar refractivity (Wildman–Crippen MR) is 96.1 cm³/mol. The zero-order chi connectivity index (χ0) is 18.0. The highest BCUT2D eigenvalue weighted by Gasteiger charge is 2.30. The fraction of sp³-hybridized carbons (Fsp3) is 0.211. The van der Waals surface area contributed by atoms with E-state index >= 15 is 0 Å². The molecule has 0 unspecified atom stereocenters. The van der Waals surface area contributed by atoms with Crippen molar-refractivity contribution in [3.05, 3.63) is 70.0 Å². The number of rotatable bonds is 4. The summed E-state index contributed by atoms with van der Waals surface area (Å²) in [4.78, 5) is 6.60. The van der Waals surface area contributed by atoms with Crippen molar-refractivity contribution < 1.29 is 13.2 Å². The molecule has 0 bridgehead atoms. The molecule has 0 aliphatic rings. The Morgan fingerprint density at radius 3 is 2.52 bits per heavy atom. The van der Waals surface area contributed by atoms with E-state index in [1.807, 2.05) is 48.6 Å². The maximum atomic E-state index is 12.8. The molecule has 0 atom stereocenters. The van der Waals surface area contributed by atoms with Crippen molar-refractivity contribution in [3.63, 3.8) is 0 Å². The van der Waals surface area contributed by atoms with Crippen molar-refractivity contribution in [3.8, 4) is 11.3 Å². The van der Waals surface area contributed by atoms with Gasteiger partial charge in [0.05, 0.1) is 16.3 Å². The molecule has 1 aromatic heterocycles. The van der Waals surface area contributed by atoms with Gasteiger partial charge in [-0.25, -0.2) is 4.98 Å². The van der Waals surface area contributed by atoms with Crippen molar-refractivity contribution in [1.82, 2.24) is 4.98 Å². The molecule has 130 valence electrons. The average Bonchev–Trinajstić information content (AvgIpc) is 3.03. The van der Waals surface area contributed by atoms with Crippen LogP contribution < -0.4 is 4.90 Å². The Morgan fingerprint density at radius 1 is 1.04 bits per heavy atom. The van der Waals surface area contributed by atoms with Crippen LogP contribution in [0.25, 0.3) is 11.3 Å². The summed E-state index contributed by atoms with van der Waals surface area (Å²) in [6, 6.07) is 13.4. The number of hydrogen-bond acceptors (Lipinski definition) is 3. The lowest BCUT2D eigenvalue weighted by Crippen LogP contribution is -2.08. The van der Waals surface area contributed by atoms with Crippen LogP contribution in [-0.2, 0) is 12.6 Å². The van der Waals surface area contributed by atoms with E-state index in [2.05, 4.69) is 4.98 Å². The third kappa shape index (κ3) is 4.20. The fourth-order valence-corrected chi connectivity index (χ4v) is 3.34. The molecule has 2 aromatic carbocycles. The normalized spacial score (nSPS) is 11.6. The third-order valence-corrected chi connectivity index (χ3v) is 4.67. The quantitative estimate of drug-likeness (QED) is 0.610. The summed E-state index contributed by atoms with van der Waals surface area (Å²) < 4.78 is 38.5. The smallest absolute Gasteiger partial charge is 0.378 e.